The number of halogens is 1. The molecule has 0 fully saturated rings. The Labute approximate surface area is 193 Å². The second kappa shape index (κ2) is 8.00. The molecule has 8 heteroatoms. The highest BCUT2D eigenvalue weighted by Crippen LogP contribution is 2.39. The Bertz CT molecular complexity index is 1610. The minimum Gasteiger partial charge on any atom is -0.399 e. The number of carbonyl (C=O) groups excluding carboxylic acids is 2. The molecule has 5 aromatic rings. The van der Waals surface area contributed by atoms with Gasteiger partial charge in [-0.2, -0.15) is 0 Å². The number of benzene rings is 3. The Hall–Kier alpha value is -4.72. The maximum atomic E-state index is 13.2. The smallest absolute Gasteiger partial charge is 0.274 e. The third-order valence-corrected chi connectivity index (χ3v) is 5.88. The molecule has 0 spiro atoms. The summed E-state index contributed by atoms with van der Waals surface area (Å²) in [5.41, 5.74) is 17.2. The van der Waals surface area contributed by atoms with E-state index in [-0.39, 0.29) is 5.69 Å². The van der Waals surface area contributed by atoms with E-state index in [0.29, 0.717) is 22.5 Å². The van der Waals surface area contributed by atoms with Crippen LogP contribution in [0.4, 0.5) is 15.8 Å². The molecular weight excluding hydrogens is 433 g/mol. The molecule has 0 aliphatic carbocycles. The van der Waals surface area contributed by atoms with Crippen molar-refractivity contribution in [2.45, 2.75) is 6.92 Å². The normalized spacial score (nSPS) is 11.1. The van der Waals surface area contributed by atoms with Crippen molar-refractivity contribution in [2.75, 3.05) is 11.1 Å². The third-order valence-electron chi connectivity index (χ3n) is 5.88. The van der Waals surface area contributed by atoms with E-state index in [1.807, 2.05) is 37.3 Å². The lowest BCUT2D eigenvalue weighted by molar-refractivity contribution is 0.0998. The minimum absolute atomic E-state index is 0.105. The number of hydrogen-bond acceptors (Lipinski definition) is 4. The molecular formula is C26H20FN5O2. The summed E-state index contributed by atoms with van der Waals surface area (Å²) in [5, 5.41) is 4.58. The number of amides is 2. The summed E-state index contributed by atoms with van der Waals surface area (Å²) in [6.07, 6.45) is 0.999. The number of carbonyl (C=O) groups is 2. The predicted molar refractivity (Wildman–Crippen MR) is 131 cm³/mol. The maximum absolute atomic E-state index is 13.2. The number of nitrogens with two attached hydrogens (primary N) is 2. The maximum Gasteiger partial charge on any atom is 0.274 e. The van der Waals surface area contributed by atoms with Gasteiger partial charge in [-0.1, -0.05) is 24.3 Å². The van der Waals surface area contributed by atoms with Gasteiger partial charge < -0.3 is 21.8 Å². The number of rotatable bonds is 4. The number of H-pyrrole nitrogens is 1. The number of nitrogens with zero attached hydrogens (tertiary/aromatic N) is 1. The number of primary amides is 1. The number of fused-ring (bicyclic) bond motifs is 3. The highest BCUT2D eigenvalue weighted by molar-refractivity contribution is 6.20. The second-order valence-corrected chi connectivity index (χ2v) is 8.00. The number of nitrogen functional groups attached to an aromatic ring is 1. The van der Waals surface area contributed by atoms with Crippen molar-refractivity contribution in [3.63, 3.8) is 0 Å². The van der Waals surface area contributed by atoms with E-state index >= 15 is 0 Å². The van der Waals surface area contributed by atoms with Crippen LogP contribution in [0.5, 0.6) is 0 Å². The number of hydrogen-bond donors (Lipinski definition) is 4. The van der Waals surface area contributed by atoms with Crippen LogP contribution in [0.1, 0.15) is 26.4 Å². The van der Waals surface area contributed by atoms with Gasteiger partial charge in [0.05, 0.1) is 17.3 Å². The number of nitrogens with one attached hydrogen (secondary N) is 2. The molecule has 0 unspecified atom stereocenters. The fourth-order valence-corrected chi connectivity index (χ4v) is 4.22. The van der Waals surface area contributed by atoms with Crippen LogP contribution < -0.4 is 16.8 Å². The lowest BCUT2D eigenvalue weighted by Gasteiger charge is -2.14. The van der Waals surface area contributed by atoms with Crippen molar-refractivity contribution in [1.29, 1.82) is 0 Å². The zero-order valence-corrected chi connectivity index (χ0v) is 18.1. The molecule has 0 radical (unpaired) electrons. The summed E-state index contributed by atoms with van der Waals surface area (Å²) in [6.45, 7) is 1.89. The van der Waals surface area contributed by atoms with Gasteiger partial charge in [-0.15, -0.1) is 0 Å². The molecule has 2 aromatic heterocycles. The van der Waals surface area contributed by atoms with E-state index in [2.05, 4.69) is 15.3 Å². The van der Waals surface area contributed by atoms with Gasteiger partial charge in [0.25, 0.3) is 11.8 Å². The van der Waals surface area contributed by atoms with Gasteiger partial charge in [0.2, 0.25) is 0 Å². The zero-order valence-electron chi connectivity index (χ0n) is 18.1. The van der Waals surface area contributed by atoms with E-state index in [1.54, 1.807) is 18.2 Å². The Balaban J connectivity index is 1.66. The molecule has 7 nitrogen and oxygen atoms in total. The van der Waals surface area contributed by atoms with Gasteiger partial charge in [-0.25, -0.2) is 9.37 Å². The molecule has 0 aliphatic heterocycles. The van der Waals surface area contributed by atoms with E-state index in [1.165, 1.54) is 12.1 Å². The molecule has 0 aliphatic rings. The highest BCUT2D eigenvalue weighted by atomic mass is 19.1. The zero-order chi connectivity index (χ0) is 24.0. The Kier molecular flexibility index (Phi) is 4.98. The van der Waals surface area contributed by atoms with Crippen molar-refractivity contribution in [3.8, 4) is 11.1 Å². The van der Waals surface area contributed by atoms with Crippen LogP contribution in [-0.4, -0.2) is 21.8 Å². The number of anilines is 2. The minimum atomic E-state index is -0.541. The second-order valence-electron chi connectivity index (χ2n) is 8.00. The monoisotopic (exact) mass is 453 g/mol. The summed E-state index contributed by atoms with van der Waals surface area (Å²) >= 11 is 0. The topological polar surface area (TPSA) is 127 Å². The fraction of sp³-hybridized carbons (Fsp3) is 0.0385. The van der Waals surface area contributed by atoms with Crippen LogP contribution in [0.2, 0.25) is 0 Å². The summed E-state index contributed by atoms with van der Waals surface area (Å²) in [5.74, 6) is -1.50. The first-order valence-electron chi connectivity index (χ1n) is 10.5. The molecule has 0 atom stereocenters. The van der Waals surface area contributed by atoms with Gasteiger partial charge in [0, 0.05) is 27.7 Å². The van der Waals surface area contributed by atoms with Crippen LogP contribution in [0.25, 0.3) is 32.9 Å². The van der Waals surface area contributed by atoms with Crippen LogP contribution in [0, 0.1) is 12.7 Å². The standard InChI is InChI=1S/C26H20FN5O2/c1-13-16(3-2-4-20(13)32-26(34)21-10-5-14(27)12-30-21)17-8-9-19(25(29)33)24-23(17)18-7-6-15(28)11-22(18)31-24/h2-12,31H,28H2,1H3,(H2,29,33)(H,32,34). The van der Waals surface area contributed by atoms with E-state index in [4.69, 9.17) is 11.5 Å². The SMILES string of the molecule is Cc1c(NC(=O)c2ccc(F)cn2)cccc1-c1ccc(C(N)=O)c2[nH]c3cc(N)ccc3c12. The Morgan fingerprint density at radius 3 is 2.59 bits per heavy atom. The number of aromatic nitrogens is 2. The van der Waals surface area contributed by atoms with Gasteiger partial charge in [0.1, 0.15) is 11.5 Å². The van der Waals surface area contributed by atoms with Crippen molar-refractivity contribution in [1.82, 2.24) is 9.97 Å². The summed E-state index contributed by atoms with van der Waals surface area (Å²) in [7, 11) is 0. The van der Waals surface area contributed by atoms with Gasteiger partial charge >= 0.3 is 0 Å². The number of pyridine rings is 1. The first-order chi connectivity index (χ1) is 16.3. The molecule has 34 heavy (non-hydrogen) atoms. The molecule has 6 N–H and O–H groups in total. The summed E-state index contributed by atoms with van der Waals surface area (Å²) in [4.78, 5) is 31.9. The van der Waals surface area contributed by atoms with Crippen molar-refractivity contribution < 1.29 is 14.0 Å². The molecule has 168 valence electrons. The van der Waals surface area contributed by atoms with Gasteiger partial charge in [-0.3, -0.25) is 9.59 Å². The molecule has 0 bridgehead atoms. The lowest BCUT2D eigenvalue weighted by Crippen LogP contribution is -2.14. The summed E-state index contributed by atoms with van der Waals surface area (Å²) < 4.78 is 13.2. The fourth-order valence-electron chi connectivity index (χ4n) is 4.22. The Morgan fingerprint density at radius 2 is 1.85 bits per heavy atom. The predicted octanol–water partition coefficient (Wildman–Crippen LogP) is 4.76. The largest absolute Gasteiger partial charge is 0.399 e. The molecule has 0 saturated carbocycles. The van der Waals surface area contributed by atoms with Crippen LogP contribution in [-0.2, 0) is 0 Å². The Morgan fingerprint density at radius 1 is 1.03 bits per heavy atom. The van der Waals surface area contributed by atoms with Gasteiger partial charge in [0.15, 0.2) is 0 Å². The average Bonchev–Trinajstić information content (AvgIpc) is 3.18. The first kappa shape index (κ1) is 21.1. The van der Waals surface area contributed by atoms with Gasteiger partial charge in [-0.05, 0) is 60.0 Å². The van der Waals surface area contributed by atoms with E-state index in [9.17, 15) is 14.0 Å². The van der Waals surface area contributed by atoms with Crippen molar-refractivity contribution >= 4 is 45.0 Å². The first-order valence-corrected chi connectivity index (χ1v) is 10.5. The molecule has 2 heterocycles. The highest BCUT2D eigenvalue weighted by Gasteiger charge is 2.19. The average molecular weight is 453 g/mol. The van der Waals surface area contributed by atoms with Crippen LogP contribution in [0.15, 0.2) is 66.9 Å². The third kappa shape index (κ3) is 3.51. The quantitative estimate of drug-likeness (QED) is 0.293. The lowest BCUT2D eigenvalue weighted by atomic mass is 9.93. The molecule has 0 saturated heterocycles. The van der Waals surface area contributed by atoms with E-state index < -0.39 is 17.6 Å². The van der Waals surface area contributed by atoms with Crippen molar-refractivity contribution in [3.05, 3.63) is 89.5 Å². The van der Waals surface area contributed by atoms with Crippen LogP contribution in [0.3, 0.4) is 0 Å². The molecule has 2 amide bonds. The molecule has 3 aromatic carbocycles. The van der Waals surface area contributed by atoms with E-state index in [0.717, 1.165) is 39.2 Å². The van der Waals surface area contributed by atoms with Crippen LogP contribution >= 0.6 is 0 Å². The molecule has 5 rings (SSSR count). The van der Waals surface area contributed by atoms with Crippen molar-refractivity contribution in [2.24, 2.45) is 5.73 Å². The summed E-state index contributed by atoms with van der Waals surface area (Å²) in [6, 6.07) is 17.1. The number of aromatic amines is 1.